The highest BCUT2D eigenvalue weighted by molar-refractivity contribution is 5.68. The topological polar surface area (TPSA) is 107 Å². The fourth-order valence-corrected chi connectivity index (χ4v) is 1.06. The Morgan fingerprint density at radius 2 is 2.44 bits per heavy atom. The molecule has 0 atom stereocenters. The molecule has 0 saturated heterocycles. The van der Waals surface area contributed by atoms with Crippen molar-refractivity contribution in [1.29, 1.82) is 5.26 Å². The van der Waals surface area contributed by atoms with E-state index in [0.29, 0.717) is 19.4 Å². The number of unbranched alkanes of at least 4 members (excludes halogenated alkanes) is 2. The van der Waals surface area contributed by atoms with Gasteiger partial charge in [-0.05, 0) is 12.8 Å². The van der Waals surface area contributed by atoms with Crippen LogP contribution in [-0.4, -0.2) is 27.3 Å². The molecule has 0 aliphatic rings. The van der Waals surface area contributed by atoms with E-state index in [2.05, 4.69) is 10.1 Å². The Kier molecular flexibility index (Phi) is 4.79. The normalized spacial score (nSPS) is 9.69. The molecule has 0 unspecified atom stereocenters. The molecule has 0 spiro atoms. The minimum absolute atomic E-state index is 0.00243. The van der Waals surface area contributed by atoms with E-state index in [4.69, 9.17) is 15.7 Å². The van der Waals surface area contributed by atoms with Crippen molar-refractivity contribution in [2.75, 3.05) is 12.3 Å². The van der Waals surface area contributed by atoms with Crippen molar-refractivity contribution in [2.45, 2.75) is 25.8 Å². The van der Waals surface area contributed by atoms with Crippen LogP contribution in [0.1, 0.15) is 19.3 Å². The third kappa shape index (κ3) is 4.41. The van der Waals surface area contributed by atoms with Crippen molar-refractivity contribution in [2.24, 2.45) is 0 Å². The van der Waals surface area contributed by atoms with Gasteiger partial charge in [0, 0.05) is 6.42 Å². The minimum atomic E-state index is -0.387. The average molecular weight is 223 g/mol. The molecule has 0 aliphatic heterocycles. The molecule has 0 bridgehead atoms. The molecule has 16 heavy (non-hydrogen) atoms. The van der Waals surface area contributed by atoms with E-state index in [1.54, 1.807) is 0 Å². The summed E-state index contributed by atoms with van der Waals surface area (Å²) in [5, 5.41) is 12.0. The zero-order valence-corrected chi connectivity index (χ0v) is 8.80. The number of ether oxygens (including phenoxy) is 1. The van der Waals surface area contributed by atoms with Crippen molar-refractivity contribution >= 4 is 11.9 Å². The average Bonchev–Trinajstić information content (AvgIpc) is 2.63. The summed E-state index contributed by atoms with van der Waals surface area (Å²) >= 11 is 0. The van der Waals surface area contributed by atoms with Crippen LogP contribution in [-0.2, 0) is 16.1 Å². The third-order valence-corrected chi connectivity index (χ3v) is 1.79. The van der Waals surface area contributed by atoms with Crippen LogP contribution in [0.15, 0.2) is 6.33 Å². The Bertz CT molecular complexity index is 381. The summed E-state index contributed by atoms with van der Waals surface area (Å²) in [7, 11) is 0. The maximum atomic E-state index is 11.2. The number of nitriles is 1. The van der Waals surface area contributed by atoms with Crippen LogP contribution in [0, 0.1) is 11.3 Å². The van der Waals surface area contributed by atoms with Gasteiger partial charge in [0.1, 0.15) is 12.9 Å². The van der Waals surface area contributed by atoms with Crippen LogP contribution >= 0.6 is 0 Å². The number of nitrogens with zero attached hydrogens (tertiary/aromatic N) is 4. The first kappa shape index (κ1) is 12.0. The molecule has 2 N–H and O–H groups in total. The Morgan fingerprint density at radius 1 is 1.62 bits per heavy atom. The molecule has 0 aromatic carbocycles. The summed E-state index contributed by atoms with van der Waals surface area (Å²) in [6, 6.07) is 2.02. The molecule has 0 fully saturated rings. The van der Waals surface area contributed by atoms with Crippen LogP contribution in [0.4, 0.5) is 5.95 Å². The van der Waals surface area contributed by atoms with Gasteiger partial charge in [-0.15, -0.1) is 5.10 Å². The van der Waals surface area contributed by atoms with Crippen molar-refractivity contribution < 1.29 is 9.53 Å². The number of nitrogen functional groups attached to an aromatic ring is 1. The van der Waals surface area contributed by atoms with Gasteiger partial charge >= 0.3 is 5.97 Å². The molecule has 0 saturated carbocycles. The number of aromatic nitrogens is 3. The van der Waals surface area contributed by atoms with E-state index < -0.39 is 0 Å². The molecular weight excluding hydrogens is 210 g/mol. The number of carbonyl (C=O) groups excluding carboxylic acids is 1. The highest BCUT2D eigenvalue weighted by atomic mass is 16.5. The first-order chi connectivity index (χ1) is 7.72. The molecule has 7 heteroatoms. The Balaban J connectivity index is 2.14. The lowest BCUT2D eigenvalue weighted by Gasteiger charge is -2.03. The predicted molar refractivity (Wildman–Crippen MR) is 54.9 cm³/mol. The summed E-state index contributed by atoms with van der Waals surface area (Å²) in [6.45, 7) is 0.327. The number of nitrogens with two attached hydrogens (primary N) is 1. The zero-order chi connectivity index (χ0) is 11.8. The van der Waals surface area contributed by atoms with Crippen molar-refractivity contribution in [3.8, 4) is 6.07 Å². The van der Waals surface area contributed by atoms with E-state index in [0.717, 1.165) is 6.42 Å². The minimum Gasteiger partial charge on any atom is -0.464 e. The molecule has 1 heterocycles. The quantitative estimate of drug-likeness (QED) is 0.541. The second-order valence-corrected chi connectivity index (χ2v) is 3.14. The fraction of sp³-hybridized carbons (Fsp3) is 0.556. The third-order valence-electron chi connectivity index (χ3n) is 1.79. The molecule has 1 aromatic heterocycles. The largest absolute Gasteiger partial charge is 0.464 e. The molecule has 86 valence electrons. The number of rotatable bonds is 6. The Morgan fingerprint density at radius 3 is 3.06 bits per heavy atom. The van der Waals surface area contributed by atoms with E-state index in [9.17, 15) is 4.79 Å². The van der Waals surface area contributed by atoms with Gasteiger partial charge in [0.2, 0.25) is 5.95 Å². The highest BCUT2D eigenvalue weighted by Crippen LogP contribution is 1.96. The van der Waals surface area contributed by atoms with E-state index in [1.165, 1.54) is 11.0 Å². The Hall–Kier alpha value is -2.10. The van der Waals surface area contributed by atoms with Gasteiger partial charge in [0.25, 0.3) is 0 Å². The number of anilines is 1. The summed E-state index contributed by atoms with van der Waals surface area (Å²) in [5.41, 5.74) is 5.28. The van der Waals surface area contributed by atoms with Crippen LogP contribution in [0.3, 0.4) is 0 Å². The lowest BCUT2D eigenvalue weighted by Crippen LogP contribution is -2.14. The van der Waals surface area contributed by atoms with Gasteiger partial charge in [-0.3, -0.25) is 4.79 Å². The van der Waals surface area contributed by atoms with E-state index in [-0.39, 0.29) is 18.5 Å². The van der Waals surface area contributed by atoms with Crippen molar-refractivity contribution in [1.82, 2.24) is 14.8 Å². The second-order valence-electron chi connectivity index (χ2n) is 3.14. The summed E-state index contributed by atoms with van der Waals surface area (Å²) in [4.78, 5) is 14.9. The maximum Gasteiger partial charge on any atom is 0.327 e. The molecule has 0 amide bonds. The standard InChI is InChI=1S/C9H13N5O2/c10-4-2-1-3-5-16-8(15)6-14-7-12-9(11)13-14/h7H,1-3,5-6H2,(H2,11,13). The zero-order valence-electron chi connectivity index (χ0n) is 8.80. The SMILES string of the molecule is N#CCCCCOC(=O)Cn1cnc(N)n1. The lowest BCUT2D eigenvalue weighted by atomic mass is 10.3. The van der Waals surface area contributed by atoms with Gasteiger partial charge in [-0.2, -0.15) is 5.26 Å². The van der Waals surface area contributed by atoms with Crippen LogP contribution < -0.4 is 5.73 Å². The maximum absolute atomic E-state index is 11.2. The van der Waals surface area contributed by atoms with Gasteiger partial charge in [-0.1, -0.05) is 0 Å². The number of esters is 1. The summed E-state index contributed by atoms with van der Waals surface area (Å²) in [6.07, 6.45) is 3.28. The highest BCUT2D eigenvalue weighted by Gasteiger charge is 2.05. The van der Waals surface area contributed by atoms with Gasteiger partial charge in [0.15, 0.2) is 0 Å². The first-order valence-corrected chi connectivity index (χ1v) is 4.90. The molecule has 7 nitrogen and oxygen atoms in total. The molecule has 0 aliphatic carbocycles. The van der Waals surface area contributed by atoms with Crippen LogP contribution in [0.5, 0.6) is 0 Å². The Labute approximate surface area is 92.8 Å². The monoisotopic (exact) mass is 223 g/mol. The smallest absolute Gasteiger partial charge is 0.327 e. The fourth-order valence-electron chi connectivity index (χ4n) is 1.06. The summed E-state index contributed by atoms with van der Waals surface area (Å²) in [5.74, 6) is -0.260. The van der Waals surface area contributed by atoms with Gasteiger partial charge < -0.3 is 10.5 Å². The molecular formula is C9H13N5O2. The van der Waals surface area contributed by atoms with Crippen molar-refractivity contribution in [3.05, 3.63) is 6.33 Å². The predicted octanol–water partition coefficient (Wildman–Crippen LogP) is 0.0974. The van der Waals surface area contributed by atoms with Gasteiger partial charge in [-0.25, -0.2) is 9.67 Å². The van der Waals surface area contributed by atoms with Crippen LogP contribution in [0.25, 0.3) is 0 Å². The number of carbonyl (C=O) groups is 1. The van der Waals surface area contributed by atoms with E-state index in [1.807, 2.05) is 6.07 Å². The van der Waals surface area contributed by atoms with E-state index >= 15 is 0 Å². The number of hydrogen-bond acceptors (Lipinski definition) is 6. The second kappa shape index (κ2) is 6.40. The molecule has 1 aromatic rings. The number of hydrogen-bond donors (Lipinski definition) is 1. The van der Waals surface area contributed by atoms with Gasteiger partial charge in [0.05, 0.1) is 12.7 Å². The molecule has 0 radical (unpaired) electrons. The van der Waals surface area contributed by atoms with Crippen molar-refractivity contribution in [3.63, 3.8) is 0 Å². The molecule has 1 rings (SSSR count). The first-order valence-electron chi connectivity index (χ1n) is 4.90. The lowest BCUT2D eigenvalue weighted by molar-refractivity contribution is -0.144. The summed E-state index contributed by atoms with van der Waals surface area (Å²) < 4.78 is 6.24. The van der Waals surface area contributed by atoms with Crippen LogP contribution in [0.2, 0.25) is 0 Å².